The molecule has 0 spiro atoms. The third-order valence-electron chi connectivity index (χ3n) is 15.5. The molecule has 73 heavy (non-hydrogen) atoms. The van der Waals surface area contributed by atoms with E-state index in [1.807, 2.05) is 0 Å². The van der Waals surface area contributed by atoms with Gasteiger partial charge in [0, 0.05) is 12.8 Å². The molecule has 0 aromatic rings. The second kappa shape index (κ2) is 62.9. The van der Waals surface area contributed by atoms with Crippen molar-refractivity contribution in [2.45, 2.75) is 379 Å². The van der Waals surface area contributed by atoms with Crippen molar-refractivity contribution < 1.29 is 24.5 Å². The molecule has 0 rings (SSSR count). The van der Waals surface area contributed by atoms with Crippen molar-refractivity contribution in [2.75, 3.05) is 13.2 Å². The van der Waals surface area contributed by atoms with Gasteiger partial charge in [0.05, 0.1) is 25.4 Å². The lowest BCUT2D eigenvalue weighted by Gasteiger charge is -2.22. The molecule has 0 aromatic heterocycles. The average molecular weight is 1030 g/mol. The Kier molecular flexibility index (Phi) is 61.4. The van der Waals surface area contributed by atoms with Gasteiger partial charge in [-0.05, 0) is 57.8 Å². The fourth-order valence-corrected chi connectivity index (χ4v) is 10.4. The summed E-state index contributed by atoms with van der Waals surface area (Å²) in [6.07, 6.45) is 77.8. The monoisotopic (exact) mass is 1030 g/mol. The molecule has 2 atom stereocenters. The van der Waals surface area contributed by atoms with E-state index in [-0.39, 0.29) is 18.5 Å². The average Bonchev–Trinajstić information content (AvgIpc) is 3.39. The summed E-state index contributed by atoms with van der Waals surface area (Å²) in [7, 11) is 0. The first-order valence-corrected chi connectivity index (χ1v) is 33.1. The number of rotatable bonds is 62. The van der Waals surface area contributed by atoms with Crippen molar-refractivity contribution in [1.82, 2.24) is 5.32 Å². The van der Waals surface area contributed by atoms with Gasteiger partial charge in [0.2, 0.25) is 5.91 Å². The van der Waals surface area contributed by atoms with Gasteiger partial charge in [-0.1, -0.05) is 321 Å². The number of aliphatic hydroxyl groups excluding tert-OH is 2. The Morgan fingerprint density at radius 3 is 1.04 bits per heavy atom. The van der Waals surface area contributed by atoms with Crippen LogP contribution >= 0.6 is 0 Å². The molecular formula is C67H129NO5. The maximum atomic E-state index is 12.5. The van der Waals surface area contributed by atoms with Crippen LogP contribution in [0.25, 0.3) is 0 Å². The predicted octanol–water partition coefficient (Wildman–Crippen LogP) is 21.0. The molecule has 0 bridgehead atoms. The zero-order chi connectivity index (χ0) is 52.9. The summed E-state index contributed by atoms with van der Waals surface area (Å²) in [6, 6.07) is -0.542. The van der Waals surface area contributed by atoms with Crippen molar-refractivity contribution in [3.05, 3.63) is 24.3 Å². The third-order valence-corrected chi connectivity index (χ3v) is 15.5. The van der Waals surface area contributed by atoms with Crippen molar-refractivity contribution in [3.63, 3.8) is 0 Å². The Labute approximate surface area is 456 Å². The number of hydrogen-bond donors (Lipinski definition) is 3. The van der Waals surface area contributed by atoms with Gasteiger partial charge < -0.3 is 20.3 Å². The minimum absolute atomic E-state index is 0.0121. The normalized spacial score (nSPS) is 12.7. The molecule has 432 valence electrons. The molecule has 6 nitrogen and oxygen atoms in total. The van der Waals surface area contributed by atoms with Gasteiger partial charge in [-0.3, -0.25) is 9.59 Å². The summed E-state index contributed by atoms with van der Waals surface area (Å²) in [5.74, 6) is -0.0211. The van der Waals surface area contributed by atoms with Crippen LogP contribution in [0.4, 0.5) is 0 Å². The summed E-state index contributed by atoms with van der Waals surface area (Å²) in [5.41, 5.74) is 0. The molecule has 0 saturated carbocycles. The fraction of sp³-hybridized carbons (Fsp3) is 0.910. The molecule has 2 unspecified atom stereocenters. The molecule has 6 heteroatoms. The second-order valence-corrected chi connectivity index (χ2v) is 22.8. The number of aliphatic hydroxyl groups is 2. The SMILES string of the molecule is CCCCCCCCCCCCCCCCCCC(O)C(CO)NC(=O)CCCCCCCCCCCCCCC/C=C\C/C=C\CCCCCCCCCCCOC(=O)CCCCCCCCCCCCC. The van der Waals surface area contributed by atoms with E-state index in [1.165, 1.54) is 289 Å². The number of amides is 1. The van der Waals surface area contributed by atoms with Crippen LogP contribution in [0.2, 0.25) is 0 Å². The van der Waals surface area contributed by atoms with Crippen LogP contribution in [0, 0.1) is 0 Å². The van der Waals surface area contributed by atoms with E-state index in [1.54, 1.807) is 0 Å². The molecule has 0 aromatic carbocycles. The van der Waals surface area contributed by atoms with E-state index in [4.69, 9.17) is 4.74 Å². The van der Waals surface area contributed by atoms with Crippen LogP contribution in [0.3, 0.4) is 0 Å². The quantitative estimate of drug-likeness (QED) is 0.0320. The molecule has 0 heterocycles. The van der Waals surface area contributed by atoms with Crippen molar-refractivity contribution in [1.29, 1.82) is 0 Å². The molecular weight excluding hydrogens is 899 g/mol. The first-order chi connectivity index (χ1) is 36.0. The summed E-state index contributed by atoms with van der Waals surface area (Å²) in [4.78, 5) is 24.5. The summed E-state index contributed by atoms with van der Waals surface area (Å²) in [5, 5.41) is 23.3. The Bertz CT molecular complexity index is 1140. The van der Waals surface area contributed by atoms with E-state index in [0.717, 1.165) is 44.9 Å². The number of ether oxygens (including phenoxy) is 1. The highest BCUT2D eigenvalue weighted by atomic mass is 16.5. The van der Waals surface area contributed by atoms with Crippen LogP contribution < -0.4 is 5.32 Å². The fourth-order valence-electron chi connectivity index (χ4n) is 10.4. The zero-order valence-electron chi connectivity index (χ0n) is 49.4. The van der Waals surface area contributed by atoms with E-state index < -0.39 is 12.1 Å². The lowest BCUT2D eigenvalue weighted by atomic mass is 10.0. The van der Waals surface area contributed by atoms with Crippen molar-refractivity contribution in [3.8, 4) is 0 Å². The highest BCUT2D eigenvalue weighted by Gasteiger charge is 2.20. The largest absolute Gasteiger partial charge is 0.466 e. The number of nitrogens with one attached hydrogen (secondary N) is 1. The molecule has 0 fully saturated rings. The van der Waals surface area contributed by atoms with Gasteiger partial charge >= 0.3 is 5.97 Å². The molecule has 0 aliphatic carbocycles. The molecule has 1 amide bonds. The maximum absolute atomic E-state index is 12.5. The van der Waals surface area contributed by atoms with Crippen molar-refractivity contribution in [2.24, 2.45) is 0 Å². The predicted molar refractivity (Wildman–Crippen MR) is 320 cm³/mol. The molecule has 0 radical (unpaired) electrons. The molecule has 0 saturated heterocycles. The number of carbonyl (C=O) groups is 2. The highest BCUT2D eigenvalue weighted by molar-refractivity contribution is 5.76. The Morgan fingerprint density at radius 2 is 0.685 bits per heavy atom. The minimum atomic E-state index is -0.665. The summed E-state index contributed by atoms with van der Waals surface area (Å²) >= 11 is 0. The third kappa shape index (κ3) is 59.4. The summed E-state index contributed by atoms with van der Waals surface area (Å²) in [6.45, 7) is 4.97. The first kappa shape index (κ1) is 71.3. The smallest absolute Gasteiger partial charge is 0.305 e. The minimum Gasteiger partial charge on any atom is -0.466 e. The zero-order valence-corrected chi connectivity index (χ0v) is 49.4. The Balaban J connectivity index is 3.40. The number of unbranched alkanes of at least 4 members (excludes halogenated alkanes) is 47. The van der Waals surface area contributed by atoms with Gasteiger partial charge in [0.1, 0.15) is 0 Å². The van der Waals surface area contributed by atoms with Crippen LogP contribution in [0.1, 0.15) is 367 Å². The lowest BCUT2D eigenvalue weighted by molar-refractivity contribution is -0.143. The highest BCUT2D eigenvalue weighted by Crippen LogP contribution is 2.18. The number of esters is 1. The van der Waals surface area contributed by atoms with Crippen LogP contribution in [0.15, 0.2) is 24.3 Å². The topological polar surface area (TPSA) is 95.9 Å². The van der Waals surface area contributed by atoms with E-state index >= 15 is 0 Å². The molecule has 3 N–H and O–H groups in total. The maximum Gasteiger partial charge on any atom is 0.305 e. The van der Waals surface area contributed by atoms with Crippen LogP contribution in [-0.2, 0) is 14.3 Å². The first-order valence-electron chi connectivity index (χ1n) is 33.1. The van der Waals surface area contributed by atoms with Crippen molar-refractivity contribution >= 4 is 11.9 Å². The van der Waals surface area contributed by atoms with E-state index in [0.29, 0.717) is 25.9 Å². The van der Waals surface area contributed by atoms with Gasteiger partial charge in [0.25, 0.3) is 0 Å². The molecule has 0 aliphatic heterocycles. The molecule has 0 aliphatic rings. The van der Waals surface area contributed by atoms with Gasteiger partial charge in [0.15, 0.2) is 0 Å². The standard InChI is InChI=1S/C67H129NO5/c1-3-5-7-9-11-13-15-16-17-33-36-40-43-47-51-55-59-65(70)64(63-69)68-66(71)60-56-52-48-44-41-37-34-31-29-27-25-23-21-19-18-20-22-24-26-28-30-32-35-38-42-46-50-54-58-62-73-67(72)61-57-53-49-45-39-14-12-10-8-6-4-2/h18,20,24,26,64-65,69-70H,3-17,19,21-23,25,27-63H2,1-2H3,(H,68,71)/b20-18-,26-24-. The van der Waals surface area contributed by atoms with Gasteiger partial charge in [-0.25, -0.2) is 0 Å². The lowest BCUT2D eigenvalue weighted by Crippen LogP contribution is -2.45. The Hall–Kier alpha value is -1.66. The number of carbonyl (C=O) groups excluding carboxylic acids is 2. The van der Waals surface area contributed by atoms with Gasteiger partial charge in [-0.15, -0.1) is 0 Å². The number of allylic oxidation sites excluding steroid dienone is 4. The van der Waals surface area contributed by atoms with E-state index in [2.05, 4.69) is 43.5 Å². The Morgan fingerprint density at radius 1 is 0.384 bits per heavy atom. The number of hydrogen-bond acceptors (Lipinski definition) is 5. The van der Waals surface area contributed by atoms with Gasteiger partial charge in [-0.2, -0.15) is 0 Å². The summed E-state index contributed by atoms with van der Waals surface area (Å²) < 4.78 is 5.47. The second-order valence-electron chi connectivity index (χ2n) is 22.8. The van der Waals surface area contributed by atoms with E-state index in [9.17, 15) is 19.8 Å². The van der Waals surface area contributed by atoms with Crippen LogP contribution in [-0.4, -0.2) is 47.4 Å². The van der Waals surface area contributed by atoms with Crippen LogP contribution in [0.5, 0.6) is 0 Å².